The Morgan fingerprint density at radius 3 is 3.13 bits per heavy atom. The van der Waals surface area contributed by atoms with E-state index >= 15 is 0 Å². The van der Waals surface area contributed by atoms with Gasteiger partial charge >= 0.3 is 5.97 Å². The number of aromatic nitrogens is 2. The summed E-state index contributed by atoms with van der Waals surface area (Å²) in [6.07, 6.45) is 1.52. The van der Waals surface area contributed by atoms with E-state index in [0.717, 1.165) is 0 Å². The average Bonchev–Trinajstić information content (AvgIpc) is 2.27. The number of nitrogens with one attached hydrogen (secondary N) is 2. The van der Waals surface area contributed by atoms with Crippen molar-refractivity contribution in [2.45, 2.75) is 6.92 Å². The van der Waals surface area contributed by atoms with Crippen LogP contribution in [-0.4, -0.2) is 29.1 Å². The summed E-state index contributed by atoms with van der Waals surface area (Å²) in [6.45, 7) is 2.17. The monoisotopic (exact) mass is 211 g/mol. The summed E-state index contributed by atoms with van der Waals surface area (Å²) in [6, 6.07) is 1.63. The fourth-order valence-electron chi connectivity index (χ4n) is 0.901. The van der Waals surface area contributed by atoms with Crippen molar-refractivity contribution in [2.75, 3.05) is 23.9 Å². The van der Waals surface area contributed by atoms with Crippen molar-refractivity contribution < 1.29 is 9.53 Å². The zero-order valence-electron chi connectivity index (χ0n) is 8.36. The number of carbonyl (C=O) groups is 1. The molecule has 0 unspecified atom stereocenters. The van der Waals surface area contributed by atoms with Crippen LogP contribution in [0.25, 0.3) is 0 Å². The summed E-state index contributed by atoms with van der Waals surface area (Å²) in [5.74, 6) is 5.58. The lowest BCUT2D eigenvalue weighted by Crippen LogP contribution is -2.18. The van der Waals surface area contributed by atoms with Gasteiger partial charge in [0, 0.05) is 6.20 Å². The first-order valence-electron chi connectivity index (χ1n) is 4.45. The molecule has 0 spiro atoms. The normalized spacial score (nSPS) is 9.47. The third-order valence-corrected chi connectivity index (χ3v) is 1.50. The minimum atomic E-state index is -0.335. The maximum absolute atomic E-state index is 11.0. The van der Waals surface area contributed by atoms with Gasteiger partial charge in [0.25, 0.3) is 0 Å². The standard InChI is InChI=1S/C8H13N5O2/c1-2-15-7(14)5-11-6-3-4-10-8(12-6)13-9/h3-4H,2,5,9H2,1H3,(H2,10,11,12,13). The van der Waals surface area contributed by atoms with Gasteiger partial charge in [0.05, 0.1) is 6.61 Å². The van der Waals surface area contributed by atoms with Crippen molar-refractivity contribution in [3.05, 3.63) is 12.3 Å². The topological polar surface area (TPSA) is 102 Å². The lowest BCUT2D eigenvalue weighted by molar-refractivity contribution is -0.140. The number of nitrogen functional groups attached to an aromatic ring is 1. The molecule has 4 N–H and O–H groups in total. The number of hydrogen-bond donors (Lipinski definition) is 3. The average molecular weight is 211 g/mol. The fraction of sp³-hybridized carbons (Fsp3) is 0.375. The maximum atomic E-state index is 11.0. The molecule has 1 heterocycles. The molecule has 1 aromatic rings. The second kappa shape index (κ2) is 5.76. The molecule has 0 bridgehead atoms. The van der Waals surface area contributed by atoms with Crippen molar-refractivity contribution in [2.24, 2.45) is 5.84 Å². The van der Waals surface area contributed by atoms with Gasteiger partial charge in [-0.25, -0.2) is 10.8 Å². The number of rotatable bonds is 5. The number of anilines is 2. The lowest BCUT2D eigenvalue weighted by atomic mass is 10.5. The second-order valence-corrected chi connectivity index (χ2v) is 2.57. The van der Waals surface area contributed by atoms with Crippen LogP contribution in [0.4, 0.5) is 11.8 Å². The zero-order chi connectivity index (χ0) is 11.1. The quantitative estimate of drug-likeness (QED) is 0.350. The van der Waals surface area contributed by atoms with Gasteiger partial charge < -0.3 is 10.1 Å². The maximum Gasteiger partial charge on any atom is 0.325 e. The zero-order valence-corrected chi connectivity index (χ0v) is 8.36. The Labute approximate surface area is 87.0 Å². The first-order valence-corrected chi connectivity index (χ1v) is 4.45. The third kappa shape index (κ3) is 3.77. The summed E-state index contributed by atoms with van der Waals surface area (Å²) >= 11 is 0. The van der Waals surface area contributed by atoms with Crippen LogP contribution < -0.4 is 16.6 Å². The number of nitrogens with zero attached hydrogens (tertiary/aromatic N) is 2. The largest absolute Gasteiger partial charge is 0.465 e. The van der Waals surface area contributed by atoms with Gasteiger partial charge in [-0.2, -0.15) is 4.98 Å². The highest BCUT2D eigenvalue weighted by Crippen LogP contribution is 2.03. The van der Waals surface area contributed by atoms with Gasteiger partial charge in [0.15, 0.2) is 0 Å². The molecule has 0 saturated carbocycles. The van der Waals surface area contributed by atoms with Crippen LogP contribution in [0.1, 0.15) is 6.92 Å². The van der Waals surface area contributed by atoms with Crippen molar-refractivity contribution in [3.63, 3.8) is 0 Å². The van der Waals surface area contributed by atoms with Gasteiger partial charge in [0.2, 0.25) is 5.95 Å². The Morgan fingerprint density at radius 1 is 1.67 bits per heavy atom. The molecule has 0 aliphatic carbocycles. The molecule has 0 fully saturated rings. The van der Waals surface area contributed by atoms with Gasteiger partial charge in [0.1, 0.15) is 12.4 Å². The second-order valence-electron chi connectivity index (χ2n) is 2.57. The summed E-state index contributed by atoms with van der Waals surface area (Å²) in [7, 11) is 0. The minimum Gasteiger partial charge on any atom is -0.465 e. The Hall–Kier alpha value is -1.89. The number of hydrogen-bond acceptors (Lipinski definition) is 7. The van der Waals surface area contributed by atoms with Crippen molar-refractivity contribution in [3.8, 4) is 0 Å². The van der Waals surface area contributed by atoms with Crippen molar-refractivity contribution >= 4 is 17.7 Å². The first kappa shape index (κ1) is 11.2. The molecule has 0 aliphatic rings. The highest BCUT2D eigenvalue weighted by molar-refractivity contribution is 5.74. The Kier molecular flexibility index (Phi) is 4.30. The van der Waals surface area contributed by atoms with Crippen LogP contribution in [0.5, 0.6) is 0 Å². The predicted octanol–water partition coefficient (Wildman–Crippen LogP) is -0.263. The molecule has 1 aromatic heterocycles. The molecule has 0 aliphatic heterocycles. The molecule has 0 radical (unpaired) electrons. The molecule has 7 nitrogen and oxygen atoms in total. The third-order valence-electron chi connectivity index (χ3n) is 1.50. The lowest BCUT2D eigenvalue weighted by Gasteiger charge is -2.05. The van der Waals surface area contributed by atoms with E-state index in [1.807, 2.05) is 0 Å². The van der Waals surface area contributed by atoms with Gasteiger partial charge in [-0.1, -0.05) is 0 Å². The molecule has 0 saturated heterocycles. The van der Waals surface area contributed by atoms with Gasteiger partial charge in [-0.05, 0) is 13.0 Å². The van der Waals surface area contributed by atoms with Crippen LogP contribution in [0, 0.1) is 0 Å². The highest BCUT2D eigenvalue weighted by atomic mass is 16.5. The minimum absolute atomic E-state index is 0.0643. The molecule has 0 aromatic carbocycles. The smallest absolute Gasteiger partial charge is 0.325 e. The molecule has 0 atom stereocenters. The van der Waals surface area contributed by atoms with Crippen molar-refractivity contribution in [1.29, 1.82) is 0 Å². The Morgan fingerprint density at radius 2 is 2.47 bits per heavy atom. The van der Waals surface area contributed by atoms with Crippen LogP contribution in [0.2, 0.25) is 0 Å². The summed E-state index contributed by atoms with van der Waals surface area (Å²) in [4.78, 5) is 18.8. The van der Waals surface area contributed by atoms with Gasteiger partial charge in [-0.3, -0.25) is 10.2 Å². The van der Waals surface area contributed by atoms with E-state index in [2.05, 4.69) is 20.7 Å². The molecule has 7 heteroatoms. The summed E-state index contributed by atoms with van der Waals surface area (Å²) < 4.78 is 4.74. The van der Waals surface area contributed by atoms with Gasteiger partial charge in [-0.15, -0.1) is 0 Å². The highest BCUT2D eigenvalue weighted by Gasteiger charge is 2.02. The van der Waals surface area contributed by atoms with E-state index in [4.69, 9.17) is 10.6 Å². The van der Waals surface area contributed by atoms with E-state index in [0.29, 0.717) is 12.4 Å². The number of hydrazine groups is 1. The van der Waals surface area contributed by atoms with E-state index in [-0.39, 0.29) is 18.5 Å². The van der Waals surface area contributed by atoms with E-state index in [1.165, 1.54) is 6.20 Å². The van der Waals surface area contributed by atoms with Crippen LogP contribution >= 0.6 is 0 Å². The van der Waals surface area contributed by atoms with Crippen molar-refractivity contribution in [1.82, 2.24) is 9.97 Å². The molecular weight excluding hydrogens is 198 g/mol. The summed E-state index contributed by atoms with van der Waals surface area (Å²) in [5.41, 5.74) is 2.30. The molecule has 0 amide bonds. The number of nitrogens with two attached hydrogens (primary N) is 1. The van der Waals surface area contributed by atoms with Crippen LogP contribution in [0.3, 0.4) is 0 Å². The van der Waals surface area contributed by atoms with E-state index < -0.39 is 0 Å². The number of ether oxygens (including phenoxy) is 1. The Bertz CT molecular complexity index is 331. The molecular formula is C8H13N5O2. The first-order chi connectivity index (χ1) is 7.26. The number of esters is 1. The summed E-state index contributed by atoms with van der Waals surface area (Å²) in [5, 5.41) is 2.78. The molecule has 1 rings (SSSR count). The van der Waals surface area contributed by atoms with Crippen LogP contribution in [-0.2, 0) is 9.53 Å². The number of carbonyl (C=O) groups excluding carboxylic acids is 1. The van der Waals surface area contributed by atoms with Crippen LogP contribution in [0.15, 0.2) is 12.3 Å². The Balaban J connectivity index is 2.46. The predicted molar refractivity (Wildman–Crippen MR) is 55.0 cm³/mol. The molecule has 15 heavy (non-hydrogen) atoms. The fourth-order valence-corrected chi connectivity index (χ4v) is 0.901. The van der Waals surface area contributed by atoms with E-state index in [9.17, 15) is 4.79 Å². The molecule has 82 valence electrons. The SMILES string of the molecule is CCOC(=O)CNc1ccnc(NN)n1. The van der Waals surface area contributed by atoms with E-state index in [1.54, 1.807) is 13.0 Å².